The molecule has 1 aromatic carbocycles. The van der Waals surface area contributed by atoms with Crippen molar-refractivity contribution in [2.75, 3.05) is 7.11 Å². The molecule has 132 valence electrons. The molecule has 24 heavy (non-hydrogen) atoms. The highest BCUT2D eigenvalue weighted by Gasteiger charge is 2.39. The van der Waals surface area contributed by atoms with E-state index in [9.17, 15) is 22.8 Å². The first kappa shape index (κ1) is 19.7. The molecule has 0 radical (unpaired) electrons. The molecular formula is C16H19F3N2O3. The van der Waals surface area contributed by atoms with Crippen LogP contribution >= 0.6 is 0 Å². The Morgan fingerprint density at radius 1 is 1.12 bits per heavy atom. The van der Waals surface area contributed by atoms with E-state index in [0.717, 1.165) is 0 Å². The molecular weight excluding hydrogens is 325 g/mol. The third-order valence-electron chi connectivity index (χ3n) is 3.14. The monoisotopic (exact) mass is 344 g/mol. The van der Waals surface area contributed by atoms with Crippen LogP contribution < -0.4 is 10.2 Å². The Morgan fingerprint density at radius 2 is 1.67 bits per heavy atom. The Bertz CT molecular complexity index is 629. The van der Waals surface area contributed by atoms with Crippen molar-refractivity contribution in [2.24, 2.45) is 10.5 Å². The van der Waals surface area contributed by atoms with E-state index in [0.29, 0.717) is 5.75 Å². The largest absolute Gasteiger partial charge is 0.497 e. The van der Waals surface area contributed by atoms with Gasteiger partial charge in [-0.25, -0.2) is 5.43 Å². The summed E-state index contributed by atoms with van der Waals surface area (Å²) in [6.45, 7) is 4.54. The highest BCUT2D eigenvalue weighted by molar-refractivity contribution is 6.07. The minimum atomic E-state index is -4.81. The Morgan fingerprint density at radius 3 is 2.08 bits per heavy atom. The number of carbonyl (C=O) groups excluding carboxylic acids is 2. The lowest BCUT2D eigenvalue weighted by molar-refractivity contribution is -0.126. The molecule has 5 nitrogen and oxygen atoms in total. The van der Waals surface area contributed by atoms with E-state index in [1.807, 2.05) is 5.43 Å². The average molecular weight is 344 g/mol. The van der Waals surface area contributed by atoms with E-state index in [1.54, 1.807) is 0 Å². The number of methoxy groups -OCH3 is 1. The summed E-state index contributed by atoms with van der Waals surface area (Å²) in [5.74, 6) is -0.943. The van der Waals surface area contributed by atoms with Gasteiger partial charge in [-0.2, -0.15) is 18.3 Å². The summed E-state index contributed by atoms with van der Waals surface area (Å²) >= 11 is 0. The molecule has 0 unspecified atom stereocenters. The summed E-state index contributed by atoms with van der Waals surface area (Å²) in [6, 6.07) is 5.76. The van der Waals surface area contributed by atoms with Crippen LogP contribution in [0.2, 0.25) is 0 Å². The third-order valence-corrected chi connectivity index (χ3v) is 3.14. The first-order valence-electron chi connectivity index (χ1n) is 7.06. The van der Waals surface area contributed by atoms with Crippen molar-refractivity contribution in [3.63, 3.8) is 0 Å². The maximum absolute atomic E-state index is 13.0. The number of ketones is 1. The Hall–Kier alpha value is -2.38. The number of carbonyl (C=O) groups is 2. The molecule has 0 aliphatic rings. The van der Waals surface area contributed by atoms with Gasteiger partial charge in [-0.3, -0.25) is 9.59 Å². The van der Waals surface area contributed by atoms with Gasteiger partial charge >= 0.3 is 6.18 Å². The topological polar surface area (TPSA) is 67.8 Å². The molecule has 0 atom stereocenters. The van der Waals surface area contributed by atoms with E-state index >= 15 is 0 Å². The number of rotatable bonds is 5. The van der Waals surface area contributed by atoms with Crippen molar-refractivity contribution in [2.45, 2.75) is 33.4 Å². The SMILES string of the molecule is COc1ccc(C(=O)N/N=C(/CC(=O)C(C)(C)C)C(F)(F)F)cc1. The number of halogens is 3. The van der Waals surface area contributed by atoms with Crippen molar-refractivity contribution >= 4 is 17.4 Å². The number of nitrogens with one attached hydrogen (secondary N) is 1. The highest BCUT2D eigenvalue weighted by Crippen LogP contribution is 2.24. The Labute approximate surface area is 137 Å². The van der Waals surface area contributed by atoms with Gasteiger partial charge in [0, 0.05) is 11.0 Å². The molecule has 8 heteroatoms. The molecule has 0 saturated heterocycles. The van der Waals surface area contributed by atoms with Gasteiger partial charge in [-0.1, -0.05) is 20.8 Å². The number of hydrazone groups is 1. The van der Waals surface area contributed by atoms with Gasteiger partial charge < -0.3 is 4.74 Å². The van der Waals surface area contributed by atoms with Crippen molar-refractivity contribution in [1.82, 2.24) is 5.43 Å². The van der Waals surface area contributed by atoms with Gasteiger partial charge in [0.2, 0.25) is 0 Å². The van der Waals surface area contributed by atoms with Crippen LogP contribution in [0.4, 0.5) is 13.2 Å². The summed E-state index contributed by atoms with van der Waals surface area (Å²) < 4.78 is 43.8. The zero-order valence-corrected chi connectivity index (χ0v) is 13.8. The molecule has 1 amide bonds. The Balaban J connectivity index is 2.91. The quantitative estimate of drug-likeness (QED) is 0.658. The van der Waals surface area contributed by atoms with E-state index in [4.69, 9.17) is 4.74 Å². The van der Waals surface area contributed by atoms with E-state index in [1.165, 1.54) is 52.1 Å². The van der Waals surface area contributed by atoms with Crippen LogP contribution in [-0.4, -0.2) is 30.7 Å². The van der Waals surface area contributed by atoms with Crippen molar-refractivity contribution in [3.05, 3.63) is 29.8 Å². The number of hydrogen-bond acceptors (Lipinski definition) is 4. The van der Waals surface area contributed by atoms with Crippen LogP contribution in [0.5, 0.6) is 5.75 Å². The van der Waals surface area contributed by atoms with Gasteiger partial charge in [0.25, 0.3) is 5.91 Å². The third kappa shape index (κ3) is 5.68. The predicted molar refractivity (Wildman–Crippen MR) is 83.0 cm³/mol. The second-order valence-corrected chi connectivity index (χ2v) is 6.08. The number of amides is 1. The lowest BCUT2D eigenvalue weighted by atomic mass is 9.88. The molecule has 1 aromatic rings. The first-order chi connectivity index (χ1) is 10.9. The number of benzene rings is 1. The maximum Gasteiger partial charge on any atom is 0.431 e. The summed E-state index contributed by atoms with van der Waals surface area (Å²) in [4.78, 5) is 23.6. The van der Waals surface area contributed by atoms with Gasteiger partial charge in [-0.05, 0) is 24.3 Å². The van der Waals surface area contributed by atoms with Crippen LogP contribution in [0, 0.1) is 5.41 Å². The van der Waals surface area contributed by atoms with Crippen LogP contribution in [0.1, 0.15) is 37.6 Å². The van der Waals surface area contributed by atoms with Crippen molar-refractivity contribution in [1.29, 1.82) is 0 Å². The van der Waals surface area contributed by atoms with Gasteiger partial charge in [0.15, 0.2) is 0 Å². The molecule has 0 bridgehead atoms. The Kier molecular flexibility index (Phi) is 6.11. The van der Waals surface area contributed by atoms with Crippen molar-refractivity contribution in [3.8, 4) is 5.75 Å². The summed E-state index contributed by atoms with van der Waals surface area (Å²) in [5, 5.41) is 3.11. The lowest BCUT2D eigenvalue weighted by Crippen LogP contribution is -2.33. The maximum atomic E-state index is 13.0. The number of alkyl halides is 3. The molecule has 0 saturated carbocycles. The second kappa shape index (κ2) is 7.46. The number of nitrogens with zero attached hydrogens (tertiary/aromatic N) is 1. The first-order valence-corrected chi connectivity index (χ1v) is 7.06. The zero-order chi connectivity index (χ0) is 18.5. The fraction of sp³-hybridized carbons (Fsp3) is 0.438. The van der Waals surface area contributed by atoms with Gasteiger partial charge in [0.05, 0.1) is 13.5 Å². The summed E-state index contributed by atoms with van der Waals surface area (Å²) in [5.41, 5.74) is -0.332. The van der Waals surface area contributed by atoms with E-state index in [2.05, 4.69) is 5.10 Å². The fourth-order valence-electron chi connectivity index (χ4n) is 1.55. The molecule has 0 spiro atoms. The van der Waals surface area contributed by atoms with E-state index in [-0.39, 0.29) is 5.56 Å². The minimum Gasteiger partial charge on any atom is -0.497 e. The van der Waals surface area contributed by atoms with Crippen LogP contribution in [0.25, 0.3) is 0 Å². The highest BCUT2D eigenvalue weighted by atomic mass is 19.4. The van der Waals surface area contributed by atoms with Gasteiger partial charge in [-0.15, -0.1) is 0 Å². The van der Waals surface area contributed by atoms with Crippen molar-refractivity contribution < 1.29 is 27.5 Å². The number of ether oxygens (including phenoxy) is 1. The second-order valence-electron chi connectivity index (χ2n) is 6.08. The smallest absolute Gasteiger partial charge is 0.431 e. The number of hydrogen-bond donors (Lipinski definition) is 1. The lowest BCUT2D eigenvalue weighted by Gasteiger charge is -2.18. The molecule has 0 heterocycles. The molecule has 0 aromatic heterocycles. The molecule has 0 aliphatic heterocycles. The minimum absolute atomic E-state index is 0.114. The van der Waals surface area contributed by atoms with Crippen LogP contribution in [-0.2, 0) is 4.79 Å². The standard InChI is InChI=1S/C16H19F3N2O3/c1-15(2,3)13(22)9-12(16(17,18)19)20-21-14(23)10-5-7-11(24-4)8-6-10/h5-8H,9H2,1-4H3,(H,21,23)/b20-12-. The molecule has 0 aliphatic carbocycles. The zero-order valence-electron chi connectivity index (χ0n) is 13.8. The number of Topliss-reactive ketones (excluding diaryl/α,β-unsaturated/α-hetero) is 1. The average Bonchev–Trinajstić information content (AvgIpc) is 2.48. The molecule has 1 N–H and O–H groups in total. The van der Waals surface area contributed by atoms with Gasteiger partial charge in [0.1, 0.15) is 17.2 Å². The van der Waals surface area contributed by atoms with E-state index < -0.39 is 35.4 Å². The molecule has 0 fully saturated rings. The predicted octanol–water partition coefficient (Wildman–Crippen LogP) is 3.35. The normalized spacial score (nSPS) is 12.7. The van der Waals surface area contributed by atoms with Crippen LogP contribution in [0.15, 0.2) is 29.4 Å². The summed E-state index contributed by atoms with van der Waals surface area (Å²) in [7, 11) is 1.45. The molecule has 1 rings (SSSR count). The fourth-order valence-corrected chi connectivity index (χ4v) is 1.55. The van der Waals surface area contributed by atoms with Crippen LogP contribution in [0.3, 0.4) is 0 Å². The summed E-state index contributed by atoms with van der Waals surface area (Å²) in [6.07, 6.45) is -5.72.